The molecule has 3 aromatic carbocycles. The van der Waals surface area contributed by atoms with Crippen LogP contribution in [0.3, 0.4) is 0 Å². The molecular weight excluding hydrogens is 895 g/mol. The largest absolute Gasteiger partial charge is 0.495 e. The topological polar surface area (TPSA) is 234 Å². The van der Waals surface area contributed by atoms with E-state index in [9.17, 15) is 28.4 Å². The second-order valence-corrected chi connectivity index (χ2v) is 16.7. The highest BCUT2D eigenvalue weighted by Crippen LogP contribution is 2.47. The summed E-state index contributed by atoms with van der Waals surface area (Å²) in [6.45, 7) is 3.79. The van der Waals surface area contributed by atoms with Gasteiger partial charge in [-0.2, -0.15) is 4.39 Å². The number of fused-ring (bicyclic) bond motifs is 1. The molecule has 1 atom stereocenters. The summed E-state index contributed by atoms with van der Waals surface area (Å²) in [6, 6.07) is 22.9. The average Bonchev–Trinajstić information content (AvgIpc) is 4.17. The lowest BCUT2D eigenvalue weighted by molar-refractivity contribution is -0.134. The van der Waals surface area contributed by atoms with Gasteiger partial charge in [-0.15, -0.1) is 10.2 Å². The van der Waals surface area contributed by atoms with Crippen molar-refractivity contribution < 1.29 is 42.2 Å². The molecule has 69 heavy (non-hydrogen) atoms. The number of halogens is 2. The maximum Gasteiger partial charge on any atom is 0.276 e. The highest BCUT2D eigenvalue weighted by molar-refractivity contribution is 6.17. The standard InChI is InChI=1S/C48H46F2N12O7/c1-68-39-26-32-35(51-19-16-38(32)69-31-8-6-30(7-9-31)54-47(67)48(17-18-48)46(66)53-29-4-2-28(49)3-5-29)27-36(39)56-45(65)34-10-13-40(60-59-34)52-20-21-61-22-24-62(25-23-61)37-12-14-41(57-43(37)50)55-33-11-15-42(63)58-44(33)64/h2-10,12-14,16,19,26-27,33H,11,15,17-18,20-25H2,1H3,(H,52,60)(H,53,66)(H,54,67)(H,55,57)(H,56,65)(H,58,63,64). The van der Waals surface area contributed by atoms with Gasteiger partial charge in [-0.25, -0.2) is 9.37 Å². The first-order valence-electron chi connectivity index (χ1n) is 22.2. The summed E-state index contributed by atoms with van der Waals surface area (Å²) >= 11 is 0. The van der Waals surface area contributed by atoms with Gasteiger partial charge in [0.15, 0.2) is 5.69 Å². The van der Waals surface area contributed by atoms with E-state index in [1.54, 1.807) is 72.9 Å². The quantitative estimate of drug-likeness (QED) is 0.0396. The molecule has 1 unspecified atom stereocenters. The summed E-state index contributed by atoms with van der Waals surface area (Å²) in [5.41, 5.74) is 0.967. The molecule has 0 spiro atoms. The smallest absolute Gasteiger partial charge is 0.276 e. The number of piperazine rings is 1. The predicted molar refractivity (Wildman–Crippen MR) is 251 cm³/mol. The van der Waals surface area contributed by atoms with Gasteiger partial charge in [-0.3, -0.25) is 39.2 Å². The molecule has 1 saturated carbocycles. The number of hydrogen-bond donors (Lipinski definition) is 6. The van der Waals surface area contributed by atoms with Crippen molar-refractivity contribution in [3.05, 3.63) is 115 Å². The van der Waals surface area contributed by atoms with Crippen molar-refractivity contribution in [2.24, 2.45) is 5.41 Å². The lowest BCUT2D eigenvalue weighted by atomic mass is 10.0. The molecule has 21 heteroatoms. The van der Waals surface area contributed by atoms with E-state index in [0.29, 0.717) is 115 Å². The van der Waals surface area contributed by atoms with E-state index >= 15 is 4.39 Å². The maximum atomic E-state index is 15.1. The van der Waals surface area contributed by atoms with Crippen molar-refractivity contribution in [1.29, 1.82) is 0 Å². The van der Waals surface area contributed by atoms with Gasteiger partial charge in [0.05, 0.1) is 24.0 Å². The average molecular weight is 941 g/mol. The Bertz CT molecular complexity index is 2910. The monoisotopic (exact) mass is 940 g/mol. The number of hydrogen-bond acceptors (Lipinski definition) is 15. The van der Waals surface area contributed by atoms with E-state index in [2.05, 4.69) is 57.0 Å². The second-order valence-electron chi connectivity index (χ2n) is 16.7. The molecule has 19 nitrogen and oxygen atoms in total. The molecule has 354 valence electrons. The minimum atomic E-state index is -1.21. The van der Waals surface area contributed by atoms with Crippen molar-refractivity contribution in [3.63, 3.8) is 0 Å². The van der Waals surface area contributed by atoms with Crippen LogP contribution in [0.4, 0.5) is 43.2 Å². The molecule has 9 rings (SSSR count). The number of imide groups is 1. The van der Waals surface area contributed by atoms with Crippen LogP contribution < -0.4 is 46.3 Å². The number of nitrogens with zero attached hydrogens (tertiary/aromatic N) is 6. The fourth-order valence-corrected chi connectivity index (χ4v) is 7.99. The van der Waals surface area contributed by atoms with Crippen LogP contribution in [-0.2, 0) is 19.2 Å². The van der Waals surface area contributed by atoms with Gasteiger partial charge >= 0.3 is 0 Å². The van der Waals surface area contributed by atoms with E-state index in [1.165, 1.54) is 31.4 Å². The van der Waals surface area contributed by atoms with Crippen molar-refractivity contribution in [1.82, 2.24) is 30.4 Å². The second kappa shape index (κ2) is 19.9. The lowest BCUT2D eigenvalue weighted by Crippen LogP contribution is -2.48. The highest BCUT2D eigenvalue weighted by atomic mass is 19.1. The van der Waals surface area contributed by atoms with Gasteiger partial charge in [0.25, 0.3) is 5.91 Å². The molecule has 5 amide bonds. The Hall–Kier alpha value is -8.33. The number of piperidine rings is 1. The fourth-order valence-electron chi connectivity index (χ4n) is 7.99. The van der Waals surface area contributed by atoms with E-state index in [-0.39, 0.29) is 23.8 Å². The number of carbonyl (C=O) groups excluding carboxylic acids is 5. The van der Waals surface area contributed by atoms with Crippen LogP contribution in [0.2, 0.25) is 0 Å². The summed E-state index contributed by atoms with van der Waals surface area (Å²) in [4.78, 5) is 75.6. The third kappa shape index (κ3) is 10.6. The zero-order valence-corrected chi connectivity index (χ0v) is 37.2. The summed E-state index contributed by atoms with van der Waals surface area (Å²) in [7, 11) is 1.47. The van der Waals surface area contributed by atoms with Gasteiger partial charge in [0.1, 0.15) is 46.2 Å². The molecule has 6 aromatic rings. The first-order chi connectivity index (χ1) is 33.4. The number of anilines is 6. The molecule has 0 radical (unpaired) electrons. The normalized spacial score (nSPS) is 16.5. The number of nitrogens with one attached hydrogen (secondary N) is 6. The van der Waals surface area contributed by atoms with Crippen LogP contribution in [0.1, 0.15) is 36.2 Å². The number of ether oxygens (including phenoxy) is 2. The van der Waals surface area contributed by atoms with Crippen LogP contribution in [0, 0.1) is 17.2 Å². The third-order valence-corrected chi connectivity index (χ3v) is 12.1. The van der Waals surface area contributed by atoms with Crippen LogP contribution in [0.5, 0.6) is 17.2 Å². The molecule has 3 aromatic heterocycles. The minimum absolute atomic E-state index is 0.0746. The zero-order chi connectivity index (χ0) is 48.1. The van der Waals surface area contributed by atoms with Gasteiger partial charge in [-0.05, 0) is 110 Å². The van der Waals surface area contributed by atoms with Crippen molar-refractivity contribution >= 4 is 74.8 Å². The van der Waals surface area contributed by atoms with Crippen LogP contribution in [0.15, 0.2) is 97.2 Å². The summed E-state index contributed by atoms with van der Waals surface area (Å²) < 4.78 is 40.2. The van der Waals surface area contributed by atoms with Gasteiger partial charge in [0, 0.05) is 68.6 Å². The molecule has 6 N–H and O–H groups in total. The zero-order valence-electron chi connectivity index (χ0n) is 37.2. The van der Waals surface area contributed by atoms with E-state index in [4.69, 9.17) is 9.47 Å². The molecule has 1 aliphatic carbocycles. The van der Waals surface area contributed by atoms with Gasteiger partial charge in [-0.1, -0.05) is 0 Å². The Morgan fingerprint density at radius 3 is 2.17 bits per heavy atom. The molecule has 2 saturated heterocycles. The van der Waals surface area contributed by atoms with Gasteiger partial charge < -0.3 is 41.0 Å². The molecule has 2 aliphatic heterocycles. The molecule has 0 bridgehead atoms. The Morgan fingerprint density at radius 2 is 1.52 bits per heavy atom. The number of benzene rings is 3. The molecule has 5 heterocycles. The fraction of sp³-hybridized carbons (Fsp3) is 0.271. The van der Waals surface area contributed by atoms with E-state index in [0.717, 1.165) is 0 Å². The van der Waals surface area contributed by atoms with Crippen molar-refractivity contribution in [2.75, 3.05) is 77.9 Å². The summed E-state index contributed by atoms with van der Waals surface area (Å²) in [5.74, 6) is -1.29. The number of amides is 5. The Balaban J connectivity index is 0.738. The number of rotatable bonds is 16. The number of methoxy groups -OCH3 is 1. The Morgan fingerprint density at radius 1 is 0.812 bits per heavy atom. The van der Waals surface area contributed by atoms with Crippen molar-refractivity contribution in [3.8, 4) is 17.2 Å². The molecular formula is C48H46F2N12O7. The SMILES string of the molecule is COc1cc2c(Oc3ccc(NC(=O)C4(C(=O)Nc5ccc(F)cc5)CC4)cc3)ccnc2cc1NC(=O)c1ccc(NCCN2CCN(c3ccc(NC4CCC(=O)NC4=O)nc3F)CC2)nn1. The molecule has 3 fully saturated rings. The Labute approximate surface area is 393 Å². The lowest BCUT2D eigenvalue weighted by Gasteiger charge is -2.36. The van der Waals surface area contributed by atoms with E-state index < -0.39 is 46.9 Å². The van der Waals surface area contributed by atoms with Crippen LogP contribution in [0.25, 0.3) is 10.9 Å². The summed E-state index contributed by atoms with van der Waals surface area (Å²) in [6.07, 6.45) is 2.87. The minimum Gasteiger partial charge on any atom is -0.495 e. The number of pyridine rings is 2. The number of aromatic nitrogens is 4. The van der Waals surface area contributed by atoms with Crippen LogP contribution >= 0.6 is 0 Å². The summed E-state index contributed by atoms with van der Waals surface area (Å²) in [5, 5.41) is 25.7. The highest BCUT2D eigenvalue weighted by Gasteiger charge is 2.56. The van der Waals surface area contributed by atoms with Crippen LogP contribution in [-0.4, -0.2) is 107 Å². The maximum absolute atomic E-state index is 15.1. The third-order valence-electron chi connectivity index (χ3n) is 12.1. The van der Waals surface area contributed by atoms with E-state index in [1.807, 2.05) is 4.90 Å². The van der Waals surface area contributed by atoms with Crippen molar-refractivity contribution in [2.45, 2.75) is 31.7 Å². The number of carbonyl (C=O) groups is 5. The predicted octanol–water partition coefficient (Wildman–Crippen LogP) is 5.56. The first kappa shape index (κ1) is 45.8. The molecule has 3 aliphatic rings. The van der Waals surface area contributed by atoms with Gasteiger partial charge in [0.2, 0.25) is 29.6 Å². The Kier molecular flexibility index (Phi) is 13.2. The first-order valence-corrected chi connectivity index (χ1v) is 22.2.